The predicted octanol–water partition coefficient (Wildman–Crippen LogP) is 2.17. The van der Waals surface area contributed by atoms with Crippen LogP contribution in [0.4, 0.5) is 9.18 Å². The molecule has 0 aliphatic rings. The van der Waals surface area contributed by atoms with Crippen LogP contribution < -0.4 is 0 Å². The molecule has 0 bridgehead atoms. The lowest BCUT2D eigenvalue weighted by Gasteiger charge is -2.26. The minimum absolute atomic E-state index is 0.103. The van der Waals surface area contributed by atoms with E-state index in [1.54, 1.807) is 18.2 Å². The van der Waals surface area contributed by atoms with Gasteiger partial charge in [-0.3, -0.25) is 4.79 Å². The number of hydrogen-bond acceptors (Lipinski definition) is 2. The summed E-state index contributed by atoms with van der Waals surface area (Å²) in [7, 11) is 1.53. The first-order chi connectivity index (χ1) is 9.45. The Morgan fingerprint density at radius 2 is 1.95 bits per heavy atom. The summed E-state index contributed by atoms with van der Waals surface area (Å²) in [5.74, 6) is -1.45. The van der Waals surface area contributed by atoms with Crippen LogP contribution in [0.2, 0.25) is 0 Å². The molecular weight excluding hydrogens is 263 g/mol. The number of carboxylic acids is 1. The Bertz CT molecular complexity index is 479. The Balaban J connectivity index is 2.73. The molecule has 0 aromatic heterocycles. The smallest absolute Gasteiger partial charge is 0.323 e. The van der Waals surface area contributed by atoms with Gasteiger partial charge in [-0.1, -0.05) is 25.1 Å². The van der Waals surface area contributed by atoms with Crippen LogP contribution in [-0.2, 0) is 11.3 Å². The average molecular weight is 282 g/mol. The highest BCUT2D eigenvalue weighted by molar-refractivity contribution is 5.80. The Labute approximate surface area is 117 Å². The number of carboxylic acid groups (broad SMARTS) is 1. The molecule has 1 N–H and O–H groups in total. The second kappa shape index (κ2) is 7.47. The summed E-state index contributed by atoms with van der Waals surface area (Å²) in [4.78, 5) is 25.5. The van der Waals surface area contributed by atoms with Crippen molar-refractivity contribution >= 4 is 12.0 Å². The van der Waals surface area contributed by atoms with Crippen molar-refractivity contribution in [2.45, 2.75) is 19.9 Å². The minimum atomic E-state index is -1.06. The lowest BCUT2D eigenvalue weighted by atomic mass is 10.2. The normalized spacial score (nSPS) is 10.2. The van der Waals surface area contributed by atoms with Crippen molar-refractivity contribution < 1.29 is 19.1 Å². The van der Waals surface area contributed by atoms with Gasteiger partial charge in [0.1, 0.15) is 12.4 Å². The SMILES string of the molecule is CCCN(CC(=O)O)C(=O)N(C)Cc1ccccc1F. The molecule has 1 aromatic carbocycles. The van der Waals surface area contributed by atoms with Gasteiger partial charge in [0.15, 0.2) is 0 Å². The van der Waals surface area contributed by atoms with E-state index in [-0.39, 0.29) is 18.9 Å². The zero-order valence-corrected chi connectivity index (χ0v) is 11.7. The molecule has 0 saturated carbocycles. The molecular formula is C14H19FN2O3. The molecule has 0 aliphatic heterocycles. The number of amides is 2. The number of nitrogens with zero attached hydrogens (tertiary/aromatic N) is 2. The van der Waals surface area contributed by atoms with Crippen LogP contribution in [0.15, 0.2) is 24.3 Å². The van der Waals surface area contributed by atoms with Gasteiger partial charge < -0.3 is 14.9 Å². The van der Waals surface area contributed by atoms with Gasteiger partial charge in [-0.25, -0.2) is 9.18 Å². The zero-order valence-electron chi connectivity index (χ0n) is 11.7. The molecule has 0 aliphatic carbocycles. The van der Waals surface area contributed by atoms with Gasteiger partial charge in [-0.05, 0) is 12.5 Å². The molecule has 6 heteroatoms. The van der Waals surface area contributed by atoms with E-state index in [2.05, 4.69) is 0 Å². The number of urea groups is 1. The molecule has 2 amide bonds. The van der Waals surface area contributed by atoms with Gasteiger partial charge in [-0.15, -0.1) is 0 Å². The summed E-state index contributed by atoms with van der Waals surface area (Å²) in [6.07, 6.45) is 0.659. The summed E-state index contributed by atoms with van der Waals surface area (Å²) < 4.78 is 13.5. The molecule has 0 unspecified atom stereocenters. The maximum absolute atomic E-state index is 13.5. The highest BCUT2D eigenvalue weighted by Gasteiger charge is 2.20. The number of halogens is 1. The lowest BCUT2D eigenvalue weighted by molar-refractivity contribution is -0.137. The van der Waals surface area contributed by atoms with Crippen LogP contribution in [0, 0.1) is 5.82 Å². The Hall–Kier alpha value is -2.11. The molecule has 0 heterocycles. The molecule has 5 nitrogen and oxygen atoms in total. The van der Waals surface area contributed by atoms with Crippen molar-refractivity contribution in [3.63, 3.8) is 0 Å². The highest BCUT2D eigenvalue weighted by Crippen LogP contribution is 2.10. The van der Waals surface area contributed by atoms with E-state index in [0.717, 1.165) is 0 Å². The Morgan fingerprint density at radius 1 is 1.30 bits per heavy atom. The standard InChI is InChI=1S/C14H19FN2O3/c1-3-8-17(10-13(18)19)14(20)16(2)9-11-6-4-5-7-12(11)15/h4-7H,3,8-10H2,1-2H3,(H,18,19). The van der Waals surface area contributed by atoms with E-state index < -0.39 is 12.0 Å². The number of hydrogen-bond donors (Lipinski definition) is 1. The molecule has 0 spiro atoms. The van der Waals surface area contributed by atoms with Crippen LogP contribution in [0.25, 0.3) is 0 Å². The first kappa shape index (κ1) is 15.9. The highest BCUT2D eigenvalue weighted by atomic mass is 19.1. The Kier molecular flexibility index (Phi) is 5.96. The molecule has 0 fully saturated rings. The number of benzene rings is 1. The third-order valence-electron chi connectivity index (χ3n) is 2.78. The summed E-state index contributed by atoms with van der Waals surface area (Å²) >= 11 is 0. The maximum Gasteiger partial charge on any atom is 0.323 e. The van der Waals surface area contributed by atoms with Crippen molar-refractivity contribution in [1.82, 2.24) is 9.80 Å². The van der Waals surface area contributed by atoms with Crippen LogP contribution in [0.3, 0.4) is 0 Å². The van der Waals surface area contributed by atoms with Gasteiger partial charge in [0.25, 0.3) is 0 Å². The molecule has 0 atom stereocenters. The fourth-order valence-corrected chi connectivity index (χ4v) is 1.87. The molecule has 1 rings (SSSR count). The molecule has 0 radical (unpaired) electrons. The lowest BCUT2D eigenvalue weighted by Crippen LogP contribution is -2.43. The van der Waals surface area contributed by atoms with E-state index in [9.17, 15) is 14.0 Å². The molecule has 110 valence electrons. The second-order valence-corrected chi connectivity index (χ2v) is 4.55. The van der Waals surface area contributed by atoms with Gasteiger partial charge in [-0.2, -0.15) is 0 Å². The monoisotopic (exact) mass is 282 g/mol. The molecule has 1 aromatic rings. The topological polar surface area (TPSA) is 60.9 Å². The van der Waals surface area contributed by atoms with Crippen molar-refractivity contribution in [3.05, 3.63) is 35.6 Å². The second-order valence-electron chi connectivity index (χ2n) is 4.55. The molecule has 20 heavy (non-hydrogen) atoms. The van der Waals surface area contributed by atoms with E-state index >= 15 is 0 Å². The third kappa shape index (κ3) is 4.53. The van der Waals surface area contributed by atoms with E-state index in [4.69, 9.17) is 5.11 Å². The van der Waals surface area contributed by atoms with Crippen molar-refractivity contribution in [2.75, 3.05) is 20.1 Å². The number of rotatable bonds is 6. The maximum atomic E-state index is 13.5. The average Bonchev–Trinajstić information content (AvgIpc) is 2.39. The third-order valence-corrected chi connectivity index (χ3v) is 2.78. The number of carbonyl (C=O) groups is 2. The summed E-state index contributed by atoms with van der Waals surface area (Å²) in [6.45, 7) is 1.96. The fourth-order valence-electron chi connectivity index (χ4n) is 1.87. The van der Waals surface area contributed by atoms with E-state index in [1.165, 1.54) is 22.9 Å². The predicted molar refractivity (Wildman–Crippen MR) is 72.8 cm³/mol. The van der Waals surface area contributed by atoms with Crippen LogP contribution >= 0.6 is 0 Å². The van der Waals surface area contributed by atoms with Crippen LogP contribution in [0.1, 0.15) is 18.9 Å². The quantitative estimate of drug-likeness (QED) is 0.870. The van der Waals surface area contributed by atoms with Gasteiger partial charge in [0.05, 0.1) is 0 Å². The Morgan fingerprint density at radius 3 is 2.50 bits per heavy atom. The number of carbonyl (C=O) groups excluding carboxylic acids is 1. The first-order valence-electron chi connectivity index (χ1n) is 6.41. The largest absolute Gasteiger partial charge is 0.480 e. The van der Waals surface area contributed by atoms with Crippen molar-refractivity contribution in [1.29, 1.82) is 0 Å². The fraction of sp³-hybridized carbons (Fsp3) is 0.429. The van der Waals surface area contributed by atoms with Crippen molar-refractivity contribution in [2.24, 2.45) is 0 Å². The zero-order chi connectivity index (χ0) is 15.1. The van der Waals surface area contributed by atoms with Gasteiger partial charge in [0, 0.05) is 25.7 Å². The van der Waals surface area contributed by atoms with Crippen LogP contribution in [0.5, 0.6) is 0 Å². The summed E-state index contributed by atoms with van der Waals surface area (Å²) in [5, 5.41) is 8.80. The summed E-state index contributed by atoms with van der Waals surface area (Å²) in [6, 6.07) is 5.78. The van der Waals surface area contributed by atoms with E-state index in [1.807, 2.05) is 6.92 Å². The minimum Gasteiger partial charge on any atom is -0.480 e. The van der Waals surface area contributed by atoms with Gasteiger partial charge >= 0.3 is 12.0 Å². The first-order valence-corrected chi connectivity index (χ1v) is 6.41. The number of aliphatic carboxylic acids is 1. The van der Waals surface area contributed by atoms with Crippen molar-refractivity contribution in [3.8, 4) is 0 Å². The van der Waals surface area contributed by atoms with Gasteiger partial charge in [0.2, 0.25) is 0 Å². The van der Waals surface area contributed by atoms with Crippen LogP contribution in [-0.4, -0.2) is 47.0 Å². The molecule has 0 saturated heterocycles. The summed E-state index contributed by atoms with van der Waals surface area (Å²) in [5.41, 5.74) is 0.398. The van der Waals surface area contributed by atoms with E-state index in [0.29, 0.717) is 18.5 Å².